The van der Waals surface area contributed by atoms with Gasteiger partial charge in [0.1, 0.15) is 6.07 Å². The summed E-state index contributed by atoms with van der Waals surface area (Å²) in [4.78, 5) is 11.6. The molecule has 90 valence electrons. The minimum atomic E-state index is -0.561. The maximum absolute atomic E-state index is 11.6. The molecule has 17 heavy (non-hydrogen) atoms. The molecule has 0 aliphatic rings. The zero-order chi connectivity index (χ0) is 13.1. The van der Waals surface area contributed by atoms with E-state index in [1.165, 1.54) is 6.07 Å². The number of hydrogen-bond donors (Lipinski definition) is 2. The van der Waals surface area contributed by atoms with Gasteiger partial charge in [-0.15, -0.1) is 0 Å². The van der Waals surface area contributed by atoms with E-state index in [1.54, 1.807) is 26.0 Å². The van der Waals surface area contributed by atoms with Gasteiger partial charge in [-0.1, -0.05) is 11.6 Å². The van der Waals surface area contributed by atoms with Crippen molar-refractivity contribution in [1.29, 1.82) is 5.26 Å². The second-order valence-electron chi connectivity index (χ2n) is 4.52. The molecule has 3 N–H and O–H groups in total. The number of nitrogens with two attached hydrogens (primary N) is 1. The first kappa shape index (κ1) is 13.5. The van der Waals surface area contributed by atoms with Crippen molar-refractivity contribution in [3.05, 3.63) is 28.8 Å². The number of halogens is 1. The van der Waals surface area contributed by atoms with Crippen molar-refractivity contribution in [2.24, 2.45) is 5.73 Å². The summed E-state index contributed by atoms with van der Waals surface area (Å²) in [5, 5.41) is 11.8. The molecule has 0 fully saturated rings. The van der Waals surface area contributed by atoms with Crippen LogP contribution in [0.5, 0.6) is 0 Å². The Kier molecular flexibility index (Phi) is 4.11. The molecule has 1 aromatic rings. The minimum Gasteiger partial charge on any atom is -0.326 e. The summed E-state index contributed by atoms with van der Waals surface area (Å²) in [7, 11) is 0. The topological polar surface area (TPSA) is 78.9 Å². The molecular formula is C12H14ClN3O. The molecule has 0 aromatic heterocycles. The lowest BCUT2D eigenvalue weighted by molar-refractivity contribution is -0.117. The van der Waals surface area contributed by atoms with Gasteiger partial charge in [-0.3, -0.25) is 4.79 Å². The Morgan fingerprint density at radius 3 is 2.76 bits per heavy atom. The lowest BCUT2D eigenvalue weighted by Gasteiger charge is -2.17. The highest BCUT2D eigenvalue weighted by Crippen LogP contribution is 2.20. The molecule has 0 bridgehead atoms. The fourth-order valence-electron chi connectivity index (χ4n) is 1.31. The molecule has 0 saturated heterocycles. The molecule has 0 saturated carbocycles. The summed E-state index contributed by atoms with van der Waals surface area (Å²) >= 11 is 5.78. The number of nitriles is 1. The average molecular weight is 252 g/mol. The van der Waals surface area contributed by atoms with E-state index in [9.17, 15) is 4.79 Å². The normalized spacial score (nSPS) is 10.8. The molecule has 0 heterocycles. The van der Waals surface area contributed by atoms with Crippen molar-refractivity contribution < 1.29 is 4.79 Å². The Bertz CT molecular complexity index is 472. The lowest BCUT2D eigenvalue weighted by atomic mass is 10.0. The first-order valence-electron chi connectivity index (χ1n) is 5.10. The highest BCUT2D eigenvalue weighted by atomic mass is 35.5. The van der Waals surface area contributed by atoms with Crippen molar-refractivity contribution in [2.75, 3.05) is 5.32 Å². The Morgan fingerprint density at radius 1 is 1.59 bits per heavy atom. The van der Waals surface area contributed by atoms with E-state index in [0.717, 1.165) is 0 Å². The van der Waals surface area contributed by atoms with Gasteiger partial charge in [0.25, 0.3) is 0 Å². The standard InChI is InChI=1S/C12H14ClN3O/c1-12(2,15)6-11(17)16-9-3-4-10(13)8(5-9)7-14/h3-5H,6,15H2,1-2H3,(H,16,17). The van der Waals surface area contributed by atoms with E-state index in [1.807, 2.05) is 6.07 Å². The number of carbonyl (C=O) groups excluding carboxylic acids is 1. The fraction of sp³-hybridized carbons (Fsp3) is 0.333. The van der Waals surface area contributed by atoms with Crippen molar-refractivity contribution >= 4 is 23.2 Å². The van der Waals surface area contributed by atoms with E-state index in [0.29, 0.717) is 16.3 Å². The summed E-state index contributed by atoms with van der Waals surface area (Å²) in [6.45, 7) is 3.55. The zero-order valence-electron chi connectivity index (χ0n) is 9.75. The van der Waals surface area contributed by atoms with Crippen LogP contribution in [0.15, 0.2) is 18.2 Å². The van der Waals surface area contributed by atoms with Gasteiger partial charge in [-0.05, 0) is 32.0 Å². The molecule has 4 nitrogen and oxygen atoms in total. The summed E-state index contributed by atoms with van der Waals surface area (Å²) in [5.74, 6) is -0.191. The van der Waals surface area contributed by atoms with Crippen LogP contribution in [-0.4, -0.2) is 11.4 Å². The van der Waals surface area contributed by atoms with Crippen molar-refractivity contribution in [1.82, 2.24) is 0 Å². The quantitative estimate of drug-likeness (QED) is 0.865. The number of amides is 1. The first-order valence-corrected chi connectivity index (χ1v) is 5.48. The average Bonchev–Trinajstić information content (AvgIpc) is 2.18. The highest BCUT2D eigenvalue weighted by molar-refractivity contribution is 6.31. The molecule has 0 radical (unpaired) electrons. The molecule has 0 unspecified atom stereocenters. The van der Waals surface area contributed by atoms with E-state index in [4.69, 9.17) is 22.6 Å². The van der Waals surface area contributed by atoms with E-state index < -0.39 is 5.54 Å². The summed E-state index contributed by atoms with van der Waals surface area (Å²) < 4.78 is 0. The first-order chi connectivity index (χ1) is 7.81. The predicted octanol–water partition coefficient (Wildman–Crippen LogP) is 2.28. The van der Waals surface area contributed by atoms with Gasteiger partial charge < -0.3 is 11.1 Å². The van der Waals surface area contributed by atoms with Gasteiger partial charge in [0.15, 0.2) is 0 Å². The Labute approximate surface area is 105 Å². The number of anilines is 1. The largest absolute Gasteiger partial charge is 0.326 e. The third-order valence-electron chi connectivity index (χ3n) is 1.99. The Hall–Kier alpha value is -1.57. The van der Waals surface area contributed by atoms with E-state index in [-0.39, 0.29) is 12.3 Å². The summed E-state index contributed by atoms with van der Waals surface area (Å²) in [6.07, 6.45) is 0.206. The maximum Gasteiger partial charge on any atom is 0.226 e. The molecule has 1 aromatic carbocycles. The van der Waals surface area contributed by atoms with Gasteiger partial charge in [-0.2, -0.15) is 5.26 Å². The van der Waals surface area contributed by atoms with Crippen LogP contribution in [0.3, 0.4) is 0 Å². The monoisotopic (exact) mass is 251 g/mol. The van der Waals surface area contributed by atoms with Gasteiger partial charge >= 0.3 is 0 Å². The molecule has 0 spiro atoms. The van der Waals surface area contributed by atoms with Crippen molar-refractivity contribution in [3.8, 4) is 6.07 Å². The van der Waals surface area contributed by atoms with Crippen LogP contribution in [0, 0.1) is 11.3 Å². The molecule has 0 atom stereocenters. The van der Waals surface area contributed by atoms with Crippen LogP contribution in [0.2, 0.25) is 5.02 Å². The molecule has 5 heteroatoms. The maximum atomic E-state index is 11.6. The molecular weight excluding hydrogens is 238 g/mol. The van der Waals surface area contributed by atoms with E-state index >= 15 is 0 Å². The summed E-state index contributed by atoms with van der Waals surface area (Å²) in [5.41, 5.74) is 6.05. The minimum absolute atomic E-state index is 0.191. The van der Waals surface area contributed by atoms with Crippen LogP contribution < -0.4 is 11.1 Å². The molecule has 1 amide bonds. The third-order valence-corrected chi connectivity index (χ3v) is 2.32. The number of nitrogens with one attached hydrogen (secondary N) is 1. The van der Waals surface area contributed by atoms with Crippen LogP contribution in [0.25, 0.3) is 0 Å². The zero-order valence-corrected chi connectivity index (χ0v) is 10.5. The van der Waals surface area contributed by atoms with Crippen molar-refractivity contribution in [2.45, 2.75) is 25.8 Å². The van der Waals surface area contributed by atoms with Gasteiger partial charge in [-0.25, -0.2) is 0 Å². The second kappa shape index (κ2) is 5.17. The number of benzene rings is 1. The molecule has 0 aliphatic heterocycles. The fourth-order valence-corrected chi connectivity index (χ4v) is 1.47. The van der Waals surface area contributed by atoms with Crippen LogP contribution in [0.1, 0.15) is 25.8 Å². The highest BCUT2D eigenvalue weighted by Gasteiger charge is 2.16. The van der Waals surface area contributed by atoms with Crippen LogP contribution in [0.4, 0.5) is 5.69 Å². The predicted molar refractivity (Wildman–Crippen MR) is 67.7 cm³/mol. The van der Waals surface area contributed by atoms with Crippen molar-refractivity contribution in [3.63, 3.8) is 0 Å². The number of carbonyl (C=O) groups is 1. The van der Waals surface area contributed by atoms with Gasteiger partial charge in [0.05, 0.1) is 10.6 Å². The van der Waals surface area contributed by atoms with Gasteiger partial charge in [0.2, 0.25) is 5.91 Å². The van der Waals surface area contributed by atoms with Crippen LogP contribution in [-0.2, 0) is 4.79 Å². The Balaban J connectivity index is 2.77. The number of rotatable bonds is 3. The summed E-state index contributed by atoms with van der Waals surface area (Å²) in [6, 6.07) is 6.70. The lowest BCUT2D eigenvalue weighted by Crippen LogP contribution is -2.36. The second-order valence-corrected chi connectivity index (χ2v) is 4.93. The SMILES string of the molecule is CC(C)(N)CC(=O)Nc1ccc(Cl)c(C#N)c1. The smallest absolute Gasteiger partial charge is 0.226 e. The Morgan fingerprint density at radius 2 is 2.24 bits per heavy atom. The van der Waals surface area contributed by atoms with E-state index in [2.05, 4.69) is 5.32 Å². The molecule has 1 rings (SSSR count). The molecule has 0 aliphatic carbocycles. The van der Waals surface area contributed by atoms with Gasteiger partial charge in [0, 0.05) is 17.6 Å². The number of hydrogen-bond acceptors (Lipinski definition) is 3. The third kappa shape index (κ3) is 4.43. The number of nitrogens with zero attached hydrogens (tertiary/aromatic N) is 1. The van der Waals surface area contributed by atoms with Crippen LogP contribution >= 0.6 is 11.6 Å².